The molecule has 0 aromatic heterocycles. The number of rotatable bonds is 6. The Hall–Kier alpha value is -1.97. The lowest BCUT2D eigenvalue weighted by Gasteiger charge is -2.34. The summed E-state index contributed by atoms with van der Waals surface area (Å²) in [6, 6.07) is 4.88. The number of alkyl halides is 1. The van der Waals surface area contributed by atoms with Crippen molar-refractivity contribution < 1.29 is 24.2 Å². The second-order valence-corrected chi connectivity index (χ2v) is 9.82. The monoisotopic (exact) mass is 493 g/mol. The summed E-state index contributed by atoms with van der Waals surface area (Å²) in [4.78, 5) is 41.2. The minimum absolute atomic E-state index is 0.101. The minimum atomic E-state index is -1.08. The lowest BCUT2D eigenvalue weighted by Crippen LogP contribution is -2.54. The predicted octanol–water partition coefficient (Wildman–Crippen LogP) is 1.12. The fraction of sp³-hybridized carbons (Fsp3) is 0.591. The summed E-state index contributed by atoms with van der Waals surface area (Å²) in [5.41, 5.74) is 1.48. The maximum atomic E-state index is 13.7. The highest BCUT2D eigenvalue weighted by atomic mass is 79.9. The van der Waals surface area contributed by atoms with E-state index in [1.165, 1.54) is 4.90 Å². The third-order valence-electron chi connectivity index (χ3n) is 6.87. The molecule has 3 aliphatic heterocycles. The molecule has 0 radical (unpaired) electrons. The lowest BCUT2D eigenvalue weighted by molar-refractivity contribution is -0.140. The molecule has 0 aliphatic carbocycles. The van der Waals surface area contributed by atoms with Crippen molar-refractivity contribution in [3.63, 3.8) is 0 Å². The number of nitrogens with one attached hydrogen (secondary N) is 2. The molecule has 3 amide bonds. The number of fused-ring (bicyclic) bond motifs is 1. The Balaban J connectivity index is 1.74. The zero-order valence-corrected chi connectivity index (χ0v) is 19.4. The van der Waals surface area contributed by atoms with Crippen LogP contribution in [0.1, 0.15) is 24.0 Å². The van der Waals surface area contributed by atoms with Crippen LogP contribution in [-0.2, 0) is 19.1 Å². The molecule has 3 aliphatic rings. The van der Waals surface area contributed by atoms with Crippen molar-refractivity contribution in [2.24, 2.45) is 11.8 Å². The Labute approximate surface area is 189 Å². The van der Waals surface area contributed by atoms with Crippen LogP contribution in [-0.4, -0.2) is 70.5 Å². The number of likely N-dealkylation sites (tertiary alicyclic amines) is 1. The molecule has 31 heavy (non-hydrogen) atoms. The number of aryl methyl sites for hydroxylation is 2. The van der Waals surface area contributed by atoms with E-state index in [1.54, 1.807) is 7.05 Å². The predicted molar refractivity (Wildman–Crippen MR) is 118 cm³/mol. The van der Waals surface area contributed by atoms with Crippen molar-refractivity contribution in [1.82, 2.24) is 10.2 Å². The fourth-order valence-corrected chi connectivity index (χ4v) is 6.52. The number of benzene rings is 1. The largest absolute Gasteiger partial charge is 0.396 e. The Morgan fingerprint density at radius 2 is 1.97 bits per heavy atom. The van der Waals surface area contributed by atoms with Crippen molar-refractivity contribution in [2.75, 3.05) is 25.5 Å². The van der Waals surface area contributed by atoms with E-state index in [2.05, 4.69) is 26.6 Å². The van der Waals surface area contributed by atoms with E-state index in [1.807, 2.05) is 32.0 Å². The highest BCUT2D eigenvalue weighted by Gasteiger charge is 2.76. The molecular formula is C22H28BrN3O5. The summed E-state index contributed by atoms with van der Waals surface area (Å²) >= 11 is 3.62. The summed E-state index contributed by atoms with van der Waals surface area (Å²) in [6.45, 7) is 3.96. The molecule has 6 atom stereocenters. The number of amides is 3. The maximum Gasteiger partial charge on any atom is 0.250 e. The van der Waals surface area contributed by atoms with Crippen LogP contribution in [0.3, 0.4) is 0 Å². The maximum absolute atomic E-state index is 13.7. The summed E-state index contributed by atoms with van der Waals surface area (Å²) in [7, 11) is 1.54. The number of aliphatic hydroxyl groups excluding tert-OH is 1. The fourth-order valence-electron chi connectivity index (χ4n) is 5.58. The van der Waals surface area contributed by atoms with Crippen LogP contribution in [0.5, 0.6) is 0 Å². The van der Waals surface area contributed by atoms with Crippen molar-refractivity contribution in [3.05, 3.63) is 29.3 Å². The lowest BCUT2D eigenvalue weighted by atomic mass is 9.70. The molecular weight excluding hydrogens is 466 g/mol. The van der Waals surface area contributed by atoms with E-state index in [0.717, 1.165) is 11.1 Å². The molecule has 1 aromatic carbocycles. The van der Waals surface area contributed by atoms with E-state index in [4.69, 9.17) is 4.74 Å². The summed E-state index contributed by atoms with van der Waals surface area (Å²) in [5.74, 6) is -2.23. The summed E-state index contributed by atoms with van der Waals surface area (Å²) in [5, 5.41) is 15.0. The number of carbonyl (C=O) groups excluding carboxylic acids is 3. The quantitative estimate of drug-likeness (QED) is 0.514. The van der Waals surface area contributed by atoms with Gasteiger partial charge in [-0.1, -0.05) is 34.1 Å². The van der Waals surface area contributed by atoms with E-state index in [0.29, 0.717) is 18.5 Å². The van der Waals surface area contributed by atoms with Crippen LogP contribution in [0.25, 0.3) is 0 Å². The van der Waals surface area contributed by atoms with Crippen LogP contribution < -0.4 is 10.6 Å². The Morgan fingerprint density at radius 1 is 1.29 bits per heavy atom. The van der Waals surface area contributed by atoms with Gasteiger partial charge in [-0.3, -0.25) is 14.4 Å². The number of ether oxygens (including phenoxy) is 1. The molecule has 0 saturated carbocycles. The standard InChI is InChI=1S/C22H28BrN3O5/c1-11-6-4-7-12(2)16(11)25-20(29)18-22-10-13(23)17(31-22)14(19(28)24-3)15(22)21(30)26(18)8-5-9-27/h4,6-7,13-15,17-18,27H,5,8-10H2,1-3H3,(H,24,28)(H,25,29)/t13?,14-,15+,17-,18?,22?/m1/s1. The van der Waals surface area contributed by atoms with Gasteiger partial charge < -0.3 is 25.4 Å². The second kappa shape index (κ2) is 8.18. The number of hydrogen-bond donors (Lipinski definition) is 3. The Morgan fingerprint density at radius 3 is 2.58 bits per heavy atom. The van der Waals surface area contributed by atoms with E-state index >= 15 is 0 Å². The number of para-hydroxylation sites is 1. The van der Waals surface area contributed by atoms with E-state index < -0.39 is 29.6 Å². The van der Waals surface area contributed by atoms with Gasteiger partial charge >= 0.3 is 0 Å². The van der Waals surface area contributed by atoms with E-state index in [9.17, 15) is 19.5 Å². The van der Waals surface area contributed by atoms with Gasteiger partial charge in [0.05, 0.1) is 17.9 Å². The minimum Gasteiger partial charge on any atom is -0.396 e. The van der Waals surface area contributed by atoms with Gasteiger partial charge in [0.25, 0.3) is 0 Å². The highest BCUT2D eigenvalue weighted by molar-refractivity contribution is 9.09. The first kappa shape index (κ1) is 22.2. The average molecular weight is 494 g/mol. The molecule has 3 unspecified atom stereocenters. The van der Waals surface area contributed by atoms with Gasteiger partial charge in [-0.05, 0) is 37.8 Å². The summed E-state index contributed by atoms with van der Waals surface area (Å²) in [6.07, 6.45) is 0.333. The average Bonchev–Trinajstić information content (AvgIpc) is 3.32. The number of anilines is 1. The first-order valence-electron chi connectivity index (χ1n) is 10.6. The summed E-state index contributed by atoms with van der Waals surface area (Å²) < 4.78 is 6.35. The molecule has 4 rings (SSSR count). The van der Waals surface area contributed by atoms with Gasteiger partial charge in [0.15, 0.2) is 0 Å². The smallest absolute Gasteiger partial charge is 0.250 e. The van der Waals surface area contributed by atoms with Crippen molar-refractivity contribution >= 4 is 39.3 Å². The van der Waals surface area contributed by atoms with Crippen molar-refractivity contribution in [1.29, 1.82) is 0 Å². The number of hydrogen-bond acceptors (Lipinski definition) is 5. The highest BCUT2D eigenvalue weighted by Crippen LogP contribution is 2.60. The number of halogens is 1. The van der Waals surface area contributed by atoms with Crippen molar-refractivity contribution in [3.8, 4) is 0 Å². The molecule has 8 nitrogen and oxygen atoms in total. The molecule has 1 spiro atoms. The molecule has 3 saturated heterocycles. The molecule has 9 heteroatoms. The van der Waals surface area contributed by atoms with Crippen LogP contribution in [0.15, 0.2) is 18.2 Å². The molecule has 3 heterocycles. The van der Waals surface area contributed by atoms with Crippen LogP contribution in [0, 0.1) is 25.7 Å². The van der Waals surface area contributed by atoms with Crippen molar-refractivity contribution in [2.45, 2.75) is 49.3 Å². The number of nitrogens with zero attached hydrogens (tertiary/aromatic N) is 1. The zero-order valence-electron chi connectivity index (χ0n) is 17.9. The van der Waals surface area contributed by atoms with Crippen LogP contribution in [0.2, 0.25) is 0 Å². The van der Waals surface area contributed by atoms with Gasteiger partial charge in [-0.15, -0.1) is 0 Å². The van der Waals surface area contributed by atoms with Gasteiger partial charge in [0.2, 0.25) is 17.7 Å². The van der Waals surface area contributed by atoms with Gasteiger partial charge in [0, 0.05) is 30.7 Å². The first-order valence-corrected chi connectivity index (χ1v) is 11.5. The SMILES string of the molecule is CNC(=O)[C@H]1[C@@H]2OC3(CC2Br)C(C(=O)Nc2c(C)cccc2C)N(CCCO)C(=O)[C@H]13. The zero-order chi connectivity index (χ0) is 22.5. The molecule has 168 valence electrons. The Bertz CT molecular complexity index is 904. The van der Waals surface area contributed by atoms with Gasteiger partial charge in [0.1, 0.15) is 11.6 Å². The third kappa shape index (κ3) is 3.29. The van der Waals surface area contributed by atoms with Gasteiger partial charge in [-0.25, -0.2) is 0 Å². The molecule has 3 N–H and O–H groups in total. The van der Waals surface area contributed by atoms with Gasteiger partial charge in [-0.2, -0.15) is 0 Å². The van der Waals surface area contributed by atoms with E-state index in [-0.39, 0.29) is 35.7 Å². The topological polar surface area (TPSA) is 108 Å². The van der Waals surface area contributed by atoms with Crippen LogP contribution >= 0.6 is 15.9 Å². The number of aliphatic hydroxyl groups is 1. The normalized spacial score (nSPS) is 33.5. The third-order valence-corrected chi connectivity index (χ3v) is 7.72. The molecule has 2 bridgehead atoms. The molecule has 3 fully saturated rings. The molecule has 1 aromatic rings. The first-order chi connectivity index (χ1) is 14.8. The van der Waals surface area contributed by atoms with Crippen LogP contribution in [0.4, 0.5) is 5.69 Å². The number of carbonyl (C=O) groups is 3. The second-order valence-electron chi connectivity index (χ2n) is 8.64. The Kier molecular flexibility index (Phi) is 5.87.